The molecule has 0 bridgehead atoms. The Morgan fingerprint density at radius 2 is 2.00 bits per heavy atom. The van der Waals surface area contributed by atoms with Gasteiger partial charge in [-0.25, -0.2) is 0 Å². The van der Waals surface area contributed by atoms with Gasteiger partial charge in [0.2, 0.25) is 0 Å². The highest BCUT2D eigenvalue weighted by molar-refractivity contribution is 4.92. The lowest BCUT2D eigenvalue weighted by Gasteiger charge is -2.33. The molecule has 0 radical (unpaired) electrons. The molecule has 3 nitrogen and oxygen atoms in total. The van der Waals surface area contributed by atoms with E-state index in [0.29, 0.717) is 5.41 Å². The van der Waals surface area contributed by atoms with E-state index < -0.39 is 0 Å². The van der Waals surface area contributed by atoms with Gasteiger partial charge in [-0.2, -0.15) is 0 Å². The lowest BCUT2D eigenvalue weighted by molar-refractivity contribution is 0.198. The summed E-state index contributed by atoms with van der Waals surface area (Å²) in [5, 5.41) is 3.42. The van der Waals surface area contributed by atoms with Gasteiger partial charge in [-0.3, -0.25) is 4.90 Å². The van der Waals surface area contributed by atoms with E-state index in [-0.39, 0.29) is 0 Å². The van der Waals surface area contributed by atoms with E-state index in [9.17, 15) is 0 Å². The molecule has 2 aliphatic heterocycles. The first-order valence-corrected chi connectivity index (χ1v) is 4.98. The van der Waals surface area contributed by atoms with Crippen LogP contribution in [0.25, 0.3) is 0 Å². The van der Waals surface area contributed by atoms with Crippen LogP contribution in [-0.4, -0.2) is 37.7 Å². The molecule has 3 heteroatoms. The van der Waals surface area contributed by atoms with E-state index in [1.165, 1.54) is 45.4 Å². The van der Waals surface area contributed by atoms with Crippen LogP contribution in [0, 0.1) is 5.41 Å². The summed E-state index contributed by atoms with van der Waals surface area (Å²) in [4.78, 5) is 2.38. The molecule has 3 N–H and O–H groups in total. The van der Waals surface area contributed by atoms with Crippen molar-refractivity contribution in [1.82, 2.24) is 10.2 Å². The van der Waals surface area contributed by atoms with Crippen molar-refractivity contribution in [2.75, 3.05) is 32.8 Å². The number of piperidine rings is 1. The van der Waals surface area contributed by atoms with Crippen LogP contribution in [0.2, 0.25) is 0 Å². The molecule has 0 atom stereocenters. The molecule has 0 aliphatic carbocycles. The summed E-state index contributed by atoms with van der Waals surface area (Å²) in [6.45, 7) is 5.62. The van der Waals surface area contributed by atoms with Gasteiger partial charge in [0, 0.05) is 13.2 Å². The fourth-order valence-electron chi connectivity index (χ4n) is 2.55. The number of nitrogens with one attached hydrogen (secondary N) is 1. The van der Waals surface area contributed by atoms with Crippen molar-refractivity contribution in [1.29, 1.82) is 0 Å². The molecule has 2 rings (SSSR count). The van der Waals surface area contributed by atoms with Gasteiger partial charge in [0.1, 0.15) is 0 Å². The molecule has 0 aromatic rings. The zero-order valence-corrected chi connectivity index (χ0v) is 7.68. The summed E-state index contributed by atoms with van der Waals surface area (Å²) in [5.74, 6) is 0. The highest BCUT2D eigenvalue weighted by Gasteiger charge is 2.37. The molecule has 0 aromatic heterocycles. The minimum Gasteiger partial charge on any atom is -0.318 e. The van der Waals surface area contributed by atoms with Gasteiger partial charge in [0.25, 0.3) is 0 Å². The minimum atomic E-state index is 0.630. The van der Waals surface area contributed by atoms with E-state index in [1.807, 2.05) is 0 Å². The molecule has 0 saturated carbocycles. The summed E-state index contributed by atoms with van der Waals surface area (Å²) < 4.78 is 0. The third kappa shape index (κ3) is 1.49. The maximum absolute atomic E-state index is 5.63. The first-order chi connectivity index (χ1) is 5.85. The Balaban J connectivity index is 1.94. The summed E-state index contributed by atoms with van der Waals surface area (Å²) >= 11 is 0. The van der Waals surface area contributed by atoms with Crippen LogP contribution >= 0.6 is 0 Å². The highest BCUT2D eigenvalue weighted by Crippen LogP contribution is 2.37. The summed E-state index contributed by atoms with van der Waals surface area (Å²) in [5.41, 5.74) is 6.26. The average Bonchev–Trinajstić information content (AvgIpc) is 2.50. The van der Waals surface area contributed by atoms with Crippen LogP contribution in [0.1, 0.15) is 19.3 Å². The smallest absolute Gasteiger partial charge is 0.0455 e. The van der Waals surface area contributed by atoms with Gasteiger partial charge >= 0.3 is 0 Å². The second-order valence-electron chi connectivity index (χ2n) is 4.24. The van der Waals surface area contributed by atoms with Gasteiger partial charge in [0.15, 0.2) is 0 Å². The Hall–Kier alpha value is -0.120. The molecular formula is C9H19N3. The second kappa shape index (κ2) is 3.32. The van der Waals surface area contributed by atoms with Crippen LogP contribution in [-0.2, 0) is 0 Å². The third-order valence-electron chi connectivity index (χ3n) is 3.44. The van der Waals surface area contributed by atoms with Crippen molar-refractivity contribution >= 4 is 0 Å². The Bertz CT molecular complexity index is 152. The lowest BCUT2D eigenvalue weighted by atomic mass is 9.78. The van der Waals surface area contributed by atoms with Crippen LogP contribution in [0.4, 0.5) is 0 Å². The Kier molecular flexibility index (Phi) is 2.35. The molecule has 0 amide bonds. The molecule has 2 heterocycles. The van der Waals surface area contributed by atoms with E-state index in [0.717, 1.165) is 6.67 Å². The maximum Gasteiger partial charge on any atom is 0.0455 e. The lowest BCUT2D eigenvalue weighted by Crippen LogP contribution is -2.39. The molecular weight excluding hydrogens is 150 g/mol. The van der Waals surface area contributed by atoms with Gasteiger partial charge in [-0.05, 0) is 44.3 Å². The maximum atomic E-state index is 5.63. The number of likely N-dealkylation sites (tertiary alicyclic amines) is 1. The monoisotopic (exact) mass is 169 g/mol. The molecule has 70 valence electrons. The van der Waals surface area contributed by atoms with Crippen LogP contribution < -0.4 is 11.1 Å². The molecule has 12 heavy (non-hydrogen) atoms. The van der Waals surface area contributed by atoms with E-state index >= 15 is 0 Å². The van der Waals surface area contributed by atoms with E-state index in [4.69, 9.17) is 5.73 Å². The first kappa shape index (κ1) is 8.48. The molecule has 1 spiro atoms. The Morgan fingerprint density at radius 3 is 2.58 bits per heavy atom. The van der Waals surface area contributed by atoms with Crippen LogP contribution in [0.5, 0.6) is 0 Å². The largest absolute Gasteiger partial charge is 0.318 e. The molecule has 2 saturated heterocycles. The molecule has 0 aromatic carbocycles. The van der Waals surface area contributed by atoms with Gasteiger partial charge in [0.05, 0.1) is 0 Å². The highest BCUT2D eigenvalue weighted by atomic mass is 15.2. The number of rotatable bonds is 1. The van der Waals surface area contributed by atoms with Gasteiger partial charge in [-0.15, -0.1) is 0 Å². The fraction of sp³-hybridized carbons (Fsp3) is 1.00. The summed E-state index contributed by atoms with van der Waals surface area (Å²) in [7, 11) is 0. The average molecular weight is 169 g/mol. The van der Waals surface area contributed by atoms with Crippen LogP contribution in [0.15, 0.2) is 0 Å². The topological polar surface area (TPSA) is 41.3 Å². The number of hydrogen-bond donors (Lipinski definition) is 2. The third-order valence-corrected chi connectivity index (χ3v) is 3.44. The summed E-state index contributed by atoms with van der Waals surface area (Å²) in [6.07, 6.45) is 4.07. The predicted molar refractivity (Wildman–Crippen MR) is 49.8 cm³/mol. The van der Waals surface area contributed by atoms with Crippen molar-refractivity contribution in [3.63, 3.8) is 0 Å². The second-order valence-corrected chi connectivity index (χ2v) is 4.24. The SMILES string of the molecule is NCN1CCC2(CCNCC2)C1. The number of hydrogen-bond acceptors (Lipinski definition) is 3. The fourth-order valence-corrected chi connectivity index (χ4v) is 2.55. The zero-order valence-electron chi connectivity index (χ0n) is 7.68. The standard InChI is InChI=1S/C9H19N3/c10-8-12-6-3-9(7-12)1-4-11-5-2-9/h11H,1-8,10H2. The normalized spacial score (nSPS) is 29.8. The molecule has 0 unspecified atom stereocenters. The Morgan fingerprint density at radius 1 is 1.25 bits per heavy atom. The molecule has 2 aliphatic rings. The van der Waals surface area contributed by atoms with Crippen molar-refractivity contribution < 1.29 is 0 Å². The van der Waals surface area contributed by atoms with Crippen molar-refractivity contribution in [2.45, 2.75) is 19.3 Å². The van der Waals surface area contributed by atoms with Crippen molar-refractivity contribution in [3.8, 4) is 0 Å². The van der Waals surface area contributed by atoms with Gasteiger partial charge in [-0.1, -0.05) is 0 Å². The minimum absolute atomic E-state index is 0.630. The summed E-state index contributed by atoms with van der Waals surface area (Å²) in [6, 6.07) is 0. The quantitative estimate of drug-likeness (QED) is 0.579. The number of nitrogens with zero attached hydrogens (tertiary/aromatic N) is 1. The zero-order chi connectivity index (χ0) is 8.44. The van der Waals surface area contributed by atoms with Gasteiger partial charge < -0.3 is 11.1 Å². The first-order valence-electron chi connectivity index (χ1n) is 4.98. The van der Waals surface area contributed by atoms with Crippen molar-refractivity contribution in [3.05, 3.63) is 0 Å². The predicted octanol–water partition coefficient (Wildman–Crippen LogP) is -0.0219. The van der Waals surface area contributed by atoms with E-state index in [1.54, 1.807) is 0 Å². The van der Waals surface area contributed by atoms with Crippen molar-refractivity contribution in [2.24, 2.45) is 11.1 Å². The van der Waals surface area contributed by atoms with E-state index in [2.05, 4.69) is 10.2 Å². The van der Waals surface area contributed by atoms with Crippen LogP contribution in [0.3, 0.4) is 0 Å². The number of nitrogens with two attached hydrogens (primary N) is 1. The molecule has 2 fully saturated rings. The Labute approximate surface area is 74.3 Å².